The first-order valence-electron chi connectivity index (χ1n) is 7.50. The summed E-state index contributed by atoms with van der Waals surface area (Å²) in [5.74, 6) is 0. The van der Waals surface area contributed by atoms with Crippen molar-refractivity contribution >= 4 is 10.2 Å². The number of nitrogens with one attached hydrogen (secondary N) is 1. The third-order valence-corrected chi connectivity index (χ3v) is 5.85. The fraction of sp³-hybridized carbons (Fsp3) is 1.00. The number of nitrogens with zero attached hydrogens (tertiary/aromatic N) is 2. The minimum atomic E-state index is -3.33. The van der Waals surface area contributed by atoms with Crippen molar-refractivity contribution in [3.05, 3.63) is 0 Å². The quantitative estimate of drug-likeness (QED) is 0.692. The molecular weight excluding hydrogens is 278 g/mol. The van der Waals surface area contributed by atoms with Gasteiger partial charge < -0.3 is 10.1 Å². The van der Waals surface area contributed by atoms with Crippen molar-refractivity contribution < 1.29 is 13.2 Å². The topological polar surface area (TPSA) is 61.9 Å². The van der Waals surface area contributed by atoms with Crippen LogP contribution in [-0.2, 0) is 14.9 Å². The lowest BCUT2D eigenvalue weighted by molar-refractivity contribution is -0.0129. The molecule has 2 bridgehead atoms. The maximum absolute atomic E-state index is 12.5. The molecule has 0 aromatic carbocycles. The zero-order chi connectivity index (χ0) is 14.8. The van der Waals surface area contributed by atoms with Gasteiger partial charge in [-0.2, -0.15) is 17.0 Å². The maximum atomic E-state index is 12.5. The Morgan fingerprint density at radius 1 is 1.30 bits per heavy atom. The summed E-state index contributed by atoms with van der Waals surface area (Å²) in [6, 6.07) is 0.437. The third-order valence-electron chi connectivity index (χ3n) is 3.93. The molecule has 0 aromatic heterocycles. The number of rotatable bonds is 7. The Morgan fingerprint density at radius 3 is 2.45 bits per heavy atom. The summed E-state index contributed by atoms with van der Waals surface area (Å²) < 4.78 is 33.8. The van der Waals surface area contributed by atoms with Gasteiger partial charge in [0.05, 0.1) is 12.2 Å². The molecule has 0 aromatic rings. The molecule has 2 unspecified atom stereocenters. The van der Waals surface area contributed by atoms with Gasteiger partial charge in [0.2, 0.25) is 0 Å². The molecular formula is C13H27N3O3S. The van der Waals surface area contributed by atoms with E-state index in [2.05, 4.69) is 19.2 Å². The minimum Gasteiger partial charge on any atom is -0.372 e. The second-order valence-electron chi connectivity index (χ2n) is 6.07. The highest BCUT2D eigenvalue weighted by Crippen LogP contribution is 2.28. The molecule has 0 saturated carbocycles. The van der Waals surface area contributed by atoms with E-state index in [9.17, 15) is 8.42 Å². The summed E-state index contributed by atoms with van der Waals surface area (Å²) in [5, 5.41) is 3.30. The largest absolute Gasteiger partial charge is 0.372 e. The van der Waals surface area contributed by atoms with Crippen LogP contribution in [0.15, 0.2) is 0 Å². The minimum absolute atomic E-state index is 0.0968. The van der Waals surface area contributed by atoms with Gasteiger partial charge in [-0.1, -0.05) is 13.8 Å². The highest BCUT2D eigenvalue weighted by Gasteiger charge is 2.40. The predicted octanol–water partition coefficient (Wildman–Crippen LogP) is 0.414. The van der Waals surface area contributed by atoms with Gasteiger partial charge in [0.1, 0.15) is 0 Å². The molecule has 2 fully saturated rings. The fourth-order valence-corrected chi connectivity index (χ4v) is 4.23. The van der Waals surface area contributed by atoms with E-state index in [0.29, 0.717) is 25.7 Å². The molecule has 0 spiro atoms. The summed E-state index contributed by atoms with van der Waals surface area (Å²) in [7, 11) is -1.66. The number of hydrogen-bond donors (Lipinski definition) is 1. The molecule has 2 aliphatic heterocycles. The second kappa shape index (κ2) is 6.70. The van der Waals surface area contributed by atoms with Crippen LogP contribution in [0.1, 0.15) is 33.1 Å². The molecule has 2 rings (SSSR count). The predicted molar refractivity (Wildman–Crippen MR) is 78.8 cm³/mol. The fourth-order valence-electron chi connectivity index (χ4n) is 2.77. The van der Waals surface area contributed by atoms with Crippen molar-refractivity contribution in [2.75, 3.05) is 33.2 Å². The van der Waals surface area contributed by atoms with E-state index in [0.717, 1.165) is 25.8 Å². The van der Waals surface area contributed by atoms with E-state index < -0.39 is 10.2 Å². The smallest absolute Gasteiger partial charge is 0.281 e. The van der Waals surface area contributed by atoms with Gasteiger partial charge in [-0.15, -0.1) is 0 Å². The van der Waals surface area contributed by atoms with Gasteiger partial charge in [0, 0.05) is 32.7 Å². The summed E-state index contributed by atoms with van der Waals surface area (Å²) >= 11 is 0. The average molecular weight is 305 g/mol. The zero-order valence-electron chi connectivity index (χ0n) is 12.7. The average Bonchev–Trinajstić information content (AvgIpc) is 2.72. The Labute approximate surface area is 122 Å². The summed E-state index contributed by atoms with van der Waals surface area (Å²) in [6.07, 6.45) is 2.99. The van der Waals surface area contributed by atoms with E-state index in [1.54, 1.807) is 11.4 Å². The van der Waals surface area contributed by atoms with Crippen LogP contribution in [0.25, 0.3) is 0 Å². The van der Waals surface area contributed by atoms with Crippen LogP contribution in [0.3, 0.4) is 0 Å². The van der Waals surface area contributed by atoms with Crippen molar-refractivity contribution in [1.82, 2.24) is 13.9 Å². The highest BCUT2D eigenvalue weighted by molar-refractivity contribution is 7.86. The number of ether oxygens (including phenoxy) is 1. The van der Waals surface area contributed by atoms with Crippen LogP contribution in [0.4, 0.5) is 0 Å². The maximum Gasteiger partial charge on any atom is 0.281 e. The van der Waals surface area contributed by atoms with Gasteiger partial charge in [0.25, 0.3) is 10.2 Å². The van der Waals surface area contributed by atoms with E-state index >= 15 is 0 Å². The van der Waals surface area contributed by atoms with Gasteiger partial charge in [0.15, 0.2) is 0 Å². The Hall–Kier alpha value is -0.210. The lowest BCUT2D eigenvalue weighted by atomic mass is 10.2. The van der Waals surface area contributed by atoms with Crippen molar-refractivity contribution in [2.24, 2.45) is 0 Å². The van der Waals surface area contributed by atoms with Crippen molar-refractivity contribution in [2.45, 2.75) is 51.4 Å². The second-order valence-corrected chi connectivity index (χ2v) is 8.10. The first-order chi connectivity index (χ1) is 9.39. The Kier molecular flexibility index (Phi) is 5.42. The monoisotopic (exact) mass is 305 g/mol. The molecule has 0 aliphatic carbocycles. The number of fused-ring (bicyclic) bond motifs is 2. The third kappa shape index (κ3) is 3.92. The van der Waals surface area contributed by atoms with Crippen LogP contribution in [0, 0.1) is 0 Å². The molecule has 2 saturated heterocycles. The molecule has 0 amide bonds. The summed E-state index contributed by atoms with van der Waals surface area (Å²) in [6.45, 7) is 6.58. The molecule has 2 atom stereocenters. The van der Waals surface area contributed by atoms with Crippen LogP contribution >= 0.6 is 0 Å². The van der Waals surface area contributed by atoms with E-state index in [4.69, 9.17) is 4.74 Å². The lowest BCUT2D eigenvalue weighted by Gasteiger charge is -2.34. The molecule has 2 heterocycles. The van der Waals surface area contributed by atoms with Crippen LogP contribution < -0.4 is 5.32 Å². The number of morpholine rings is 1. The lowest BCUT2D eigenvalue weighted by Crippen LogP contribution is -2.50. The number of hydrogen-bond acceptors (Lipinski definition) is 4. The Balaban J connectivity index is 1.83. The highest BCUT2D eigenvalue weighted by atomic mass is 32.2. The molecule has 1 N–H and O–H groups in total. The van der Waals surface area contributed by atoms with Crippen LogP contribution in [-0.4, -0.2) is 68.5 Å². The van der Waals surface area contributed by atoms with Crippen LogP contribution in [0.5, 0.6) is 0 Å². The summed E-state index contributed by atoms with van der Waals surface area (Å²) in [4.78, 5) is 0. The molecule has 7 heteroatoms. The molecule has 6 nitrogen and oxygen atoms in total. The van der Waals surface area contributed by atoms with Gasteiger partial charge in [-0.25, -0.2) is 0 Å². The summed E-state index contributed by atoms with van der Waals surface area (Å²) in [5.41, 5.74) is 0. The van der Waals surface area contributed by atoms with Gasteiger partial charge >= 0.3 is 0 Å². The van der Waals surface area contributed by atoms with Gasteiger partial charge in [-0.05, 0) is 25.8 Å². The molecule has 20 heavy (non-hydrogen) atoms. The van der Waals surface area contributed by atoms with Crippen LogP contribution in [0.2, 0.25) is 0 Å². The molecule has 118 valence electrons. The normalized spacial score (nSPS) is 27.6. The first kappa shape index (κ1) is 16.2. The first-order valence-corrected chi connectivity index (χ1v) is 8.89. The zero-order valence-corrected chi connectivity index (χ0v) is 13.5. The van der Waals surface area contributed by atoms with Crippen molar-refractivity contribution in [3.63, 3.8) is 0 Å². The van der Waals surface area contributed by atoms with Gasteiger partial charge in [-0.3, -0.25) is 0 Å². The van der Waals surface area contributed by atoms with E-state index in [1.165, 1.54) is 4.31 Å². The standard InChI is InChI=1S/C13H27N3O3S/c1-11(2)14-7-4-8-15(3)20(17,18)16-9-12-5-6-13(10-16)19-12/h11-14H,4-10H2,1-3H3. The molecule has 2 aliphatic rings. The Bertz CT molecular complexity index is 401. The van der Waals surface area contributed by atoms with Crippen molar-refractivity contribution in [3.8, 4) is 0 Å². The SMILES string of the molecule is CC(C)NCCCN(C)S(=O)(=O)N1CC2CCC(C1)O2. The van der Waals surface area contributed by atoms with E-state index in [1.807, 2.05) is 0 Å². The van der Waals surface area contributed by atoms with Crippen molar-refractivity contribution in [1.29, 1.82) is 0 Å². The van der Waals surface area contributed by atoms with E-state index in [-0.39, 0.29) is 12.2 Å². The Morgan fingerprint density at radius 2 is 1.90 bits per heavy atom. The molecule has 0 radical (unpaired) electrons.